The second-order valence-electron chi connectivity index (χ2n) is 5.06. The lowest BCUT2D eigenvalue weighted by molar-refractivity contribution is -0.153. The number of aliphatic hydroxyl groups excluding tert-OH is 1. The molecule has 4 heteroatoms. The minimum atomic E-state index is -0.842. The van der Waals surface area contributed by atoms with E-state index in [1.54, 1.807) is 6.92 Å². The second kappa shape index (κ2) is 4.42. The quantitative estimate of drug-likeness (QED) is 0.762. The van der Waals surface area contributed by atoms with Crippen molar-refractivity contribution in [2.24, 2.45) is 17.3 Å². The standard InChI is InChI=1S/C11H19BrO3/c1-6(2)7-4-5-11(3,10(14)15)9(12)8(7)13/h6-9,13H,4-5H2,1-3H3,(H,14,15). The Morgan fingerprint density at radius 2 is 2.07 bits per heavy atom. The van der Waals surface area contributed by atoms with E-state index in [0.29, 0.717) is 12.3 Å². The van der Waals surface area contributed by atoms with Crippen molar-refractivity contribution in [3.05, 3.63) is 0 Å². The van der Waals surface area contributed by atoms with Crippen molar-refractivity contribution in [2.45, 2.75) is 44.5 Å². The average molecular weight is 279 g/mol. The van der Waals surface area contributed by atoms with Gasteiger partial charge in [-0.1, -0.05) is 29.8 Å². The number of aliphatic hydroxyl groups is 1. The van der Waals surface area contributed by atoms with Gasteiger partial charge in [-0.25, -0.2) is 0 Å². The summed E-state index contributed by atoms with van der Waals surface area (Å²) < 4.78 is 0. The topological polar surface area (TPSA) is 57.5 Å². The largest absolute Gasteiger partial charge is 0.481 e. The van der Waals surface area contributed by atoms with Gasteiger partial charge in [-0.05, 0) is 31.6 Å². The summed E-state index contributed by atoms with van der Waals surface area (Å²) in [6.45, 7) is 5.84. The number of carboxylic acid groups (broad SMARTS) is 1. The molecule has 0 spiro atoms. The van der Waals surface area contributed by atoms with E-state index in [9.17, 15) is 9.90 Å². The smallest absolute Gasteiger partial charge is 0.310 e. The van der Waals surface area contributed by atoms with E-state index in [4.69, 9.17) is 5.11 Å². The summed E-state index contributed by atoms with van der Waals surface area (Å²) in [7, 11) is 0. The Morgan fingerprint density at radius 3 is 2.47 bits per heavy atom. The lowest BCUT2D eigenvalue weighted by atomic mass is 9.67. The van der Waals surface area contributed by atoms with Gasteiger partial charge in [0.05, 0.1) is 16.3 Å². The lowest BCUT2D eigenvalue weighted by Gasteiger charge is -2.43. The Morgan fingerprint density at radius 1 is 1.53 bits per heavy atom. The molecule has 1 saturated carbocycles. The molecule has 0 bridgehead atoms. The van der Waals surface area contributed by atoms with Crippen molar-refractivity contribution in [2.75, 3.05) is 0 Å². The van der Waals surface area contributed by atoms with Gasteiger partial charge in [0.15, 0.2) is 0 Å². The molecule has 0 aromatic carbocycles. The second-order valence-corrected chi connectivity index (χ2v) is 6.05. The minimum Gasteiger partial charge on any atom is -0.481 e. The molecule has 1 aliphatic rings. The maximum Gasteiger partial charge on any atom is 0.310 e. The predicted octanol–water partition coefficient (Wildman–Crippen LogP) is 2.27. The van der Waals surface area contributed by atoms with E-state index in [0.717, 1.165) is 6.42 Å². The van der Waals surface area contributed by atoms with Crippen LogP contribution in [0.25, 0.3) is 0 Å². The van der Waals surface area contributed by atoms with Crippen LogP contribution in [0.4, 0.5) is 0 Å². The molecule has 0 saturated heterocycles. The Labute approximate surface area is 99.0 Å². The molecule has 88 valence electrons. The van der Waals surface area contributed by atoms with Gasteiger partial charge >= 0.3 is 5.97 Å². The fraction of sp³-hybridized carbons (Fsp3) is 0.909. The molecule has 1 fully saturated rings. The minimum absolute atomic E-state index is 0.196. The van der Waals surface area contributed by atoms with E-state index in [1.165, 1.54) is 0 Å². The first-order chi connectivity index (χ1) is 6.80. The first kappa shape index (κ1) is 13.0. The molecule has 1 aliphatic carbocycles. The molecule has 4 atom stereocenters. The lowest BCUT2D eigenvalue weighted by Crippen LogP contribution is -2.51. The first-order valence-electron chi connectivity index (χ1n) is 5.36. The molecule has 1 rings (SSSR count). The van der Waals surface area contributed by atoms with Crippen LogP contribution in [0.5, 0.6) is 0 Å². The van der Waals surface area contributed by atoms with E-state index >= 15 is 0 Å². The molecule has 15 heavy (non-hydrogen) atoms. The normalized spacial score (nSPS) is 41.9. The molecule has 0 aromatic heterocycles. The van der Waals surface area contributed by atoms with Crippen molar-refractivity contribution in [1.82, 2.24) is 0 Å². The van der Waals surface area contributed by atoms with Crippen LogP contribution in [-0.4, -0.2) is 27.1 Å². The van der Waals surface area contributed by atoms with Gasteiger partial charge in [-0.3, -0.25) is 4.79 Å². The summed E-state index contributed by atoms with van der Waals surface area (Å²) in [5.41, 5.74) is -0.842. The van der Waals surface area contributed by atoms with E-state index in [-0.39, 0.29) is 10.7 Å². The van der Waals surface area contributed by atoms with Crippen molar-refractivity contribution in [3.63, 3.8) is 0 Å². The van der Waals surface area contributed by atoms with Gasteiger partial charge in [0, 0.05) is 0 Å². The molecule has 3 nitrogen and oxygen atoms in total. The third-order valence-corrected chi connectivity index (χ3v) is 5.24. The van der Waals surface area contributed by atoms with Gasteiger partial charge in [0.1, 0.15) is 0 Å². The maximum atomic E-state index is 11.2. The molecule has 0 radical (unpaired) electrons. The molecular formula is C11H19BrO3. The Kier molecular flexibility index (Phi) is 3.82. The van der Waals surface area contributed by atoms with Gasteiger partial charge in [-0.2, -0.15) is 0 Å². The Bertz CT molecular complexity index is 254. The summed E-state index contributed by atoms with van der Waals surface area (Å²) in [6, 6.07) is 0. The summed E-state index contributed by atoms with van der Waals surface area (Å²) >= 11 is 3.35. The summed E-state index contributed by atoms with van der Waals surface area (Å²) in [5, 5.41) is 19.3. The molecule has 0 aromatic rings. The summed E-state index contributed by atoms with van der Waals surface area (Å²) in [4.78, 5) is 10.8. The van der Waals surface area contributed by atoms with Crippen LogP contribution >= 0.6 is 15.9 Å². The van der Waals surface area contributed by atoms with Gasteiger partial charge in [0.2, 0.25) is 0 Å². The van der Waals surface area contributed by atoms with E-state index in [2.05, 4.69) is 29.8 Å². The fourth-order valence-electron chi connectivity index (χ4n) is 2.32. The number of carboxylic acids is 1. The molecule has 0 amide bonds. The third-order valence-electron chi connectivity index (χ3n) is 3.69. The van der Waals surface area contributed by atoms with E-state index in [1.807, 2.05) is 0 Å². The number of carbonyl (C=O) groups is 1. The summed E-state index contributed by atoms with van der Waals surface area (Å²) in [6.07, 6.45) is 0.835. The maximum absolute atomic E-state index is 11.2. The average Bonchev–Trinajstić information content (AvgIpc) is 2.13. The van der Waals surface area contributed by atoms with Crippen LogP contribution in [-0.2, 0) is 4.79 Å². The van der Waals surface area contributed by atoms with Gasteiger partial charge in [0.25, 0.3) is 0 Å². The summed E-state index contributed by atoms with van der Waals surface area (Å²) in [5.74, 6) is -0.245. The van der Waals surface area contributed by atoms with Crippen molar-refractivity contribution in [1.29, 1.82) is 0 Å². The number of aliphatic carboxylic acids is 1. The van der Waals surface area contributed by atoms with Crippen LogP contribution in [0, 0.1) is 17.3 Å². The van der Waals surface area contributed by atoms with E-state index < -0.39 is 17.5 Å². The molecule has 0 heterocycles. The highest BCUT2D eigenvalue weighted by Crippen LogP contribution is 2.45. The third kappa shape index (κ3) is 2.21. The Balaban J connectivity index is 2.86. The highest BCUT2D eigenvalue weighted by atomic mass is 79.9. The zero-order chi connectivity index (χ0) is 11.8. The van der Waals surface area contributed by atoms with Gasteiger partial charge in [-0.15, -0.1) is 0 Å². The Hall–Kier alpha value is -0.0900. The zero-order valence-electron chi connectivity index (χ0n) is 9.40. The number of halogens is 1. The van der Waals surface area contributed by atoms with Crippen LogP contribution in [0.1, 0.15) is 33.6 Å². The van der Waals surface area contributed by atoms with Crippen LogP contribution in [0.3, 0.4) is 0 Å². The number of hydrogen-bond donors (Lipinski definition) is 2. The van der Waals surface area contributed by atoms with Crippen LogP contribution in [0.15, 0.2) is 0 Å². The fourth-order valence-corrected chi connectivity index (χ4v) is 3.14. The number of hydrogen-bond acceptors (Lipinski definition) is 2. The van der Waals surface area contributed by atoms with Crippen LogP contribution < -0.4 is 0 Å². The highest BCUT2D eigenvalue weighted by Gasteiger charge is 2.49. The SMILES string of the molecule is CC(C)C1CCC(C)(C(=O)O)C(Br)C1O. The van der Waals surface area contributed by atoms with Crippen molar-refractivity contribution < 1.29 is 15.0 Å². The predicted molar refractivity (Wildman–Crippen MR) is 62.0 cm³/mol. The molecule has 2 N–H and O–H groups in total. The molecule has 4 unspecified atom stereocenters. The molecule has 0 aliphatic heterocycles. The monoisotopic (exact) mass is 278 g/mol. The highest BCUT2D eigenvalue weighted by molar-refractivity contribution is 9.09. The first-order valence-corrected chi connectivity index (χ1v) is 6.28. The zero-order valence-corrected chi connectivity index (χ0v) is 11.0. The number of alkyl halides is 1. The van der Waals surface area contributed by atoms with Crippen molar-refractivity contribution >= 4 is 21.9 Å². The molecular weight excluding hydrogens is 260 g/mol. The van der Waals surface area contributed by atoms with Gasteiger partial charge < -0.3 is 10.2 Å². The number of rotatable bonds is 2. The van der Waals surface area contributed by atoms with Crippen LogP contribution in [0.2, 0.25) is 0 Å². The van der Waals surface area contributed by atoms with Crippen molar-refractivity contribution in [3.8, 4) is 0 Å².